The Labute approximate surface area is 123 Å². The molecular weight excluding hydrogens is 278 g/mol. The van der Waals surface area contributed by atoms with Crippen molar-refractivity contribution in [3.05, 3.63) is 0 Å². The predicted molar refractivity (Wildman–Crippen MR) is 72.8 cm³/mol. The maximum absolute atomic E-state index is 12.3. The molecule has 2 aliphatic rings. The molecule has 0 atom stereocenters. The molecule has 0 aliphatic carbocycles. The number of carboxylic acid groups (broad SMARTS) is 1. The number of amides is 3. The second-order valence-electron chi connectivity index (χ2n) is 5.52. The van der Waals surface area contributed by atoms with E-state index in [1.54, 1.807) is 11.9 Å². The second kappa shape index (κ2) is 6.30. The number of carbonyl (C=O) groups excluding carboxylic acids is 2. The maximum Gasteiger partial charge on any atom is 0.329 e. The SMILES string of the molecule is CN1CCCN(C(=O)NC2(C(=O)O)CCOCC2)CC1=O. The number of ether oxygens (including phenoxy) is 1. The topological polar surface area (TPSA) is 99.2 Å². The second-order valence-corrected chi connectivity index (χ2v) is 5.52. The maximum atomic E-state index is 12.3. The van der Waals surface area contributed by atoms with Crippen LogP contribution in [0.1, 0.15) is 19.3 Å². The van der Waals surface area contributed by atoms with Crippen molar-refractivity contribution in [2.45, 2.75) is 24.8 Å². The normalized spacial score (nSPS) is 22.6. The summed E-state index contributed by atoms with van der Waals surface area (Å²) in [5, 5.41) is 12.0. The Balaban J connectivity index is 2.04. The smallest absolute Gasteiger partial charge is 0.329 e. The summed E-state index contributed by atoms with van der Waals surface area (Å²) < 4.78 is 5.16. The Bertz CT molecular complexity index is 434. The van der Waals surface area contributed by atoms with E-state index < -0.39 is 17.5 Å². The van der Waals surface area contributed by atoms with Gasteiger partial charge in [-0.1, -0.05) is 0 Å². The number of hydrogen-bond acceptors (Lipinski definition) is 4. The minimum Gasteiger partial charge on any atom is -0.480 e. The van der Waals surface area contributed by atoms with Crippen molar-refractivity contribution in [2.75, 3.05) is 39.9 Å². The van der Waals surface area contributed by atoms with Crippen LogP contribution in [0.25, 0.3) is 0 Å². The lowest BCUT2D eigenvalue weighted by Crippen LogP contribution is -2.60. The summed E-state index contributed by atoms with van der Waals surface area (Å²) >= 11 is 0. The third-order valence-corrected chi connectivity index (χ3v) is 4.06. The largest absolute Gasteiger partial charge is 0.480 e. The molecule has 0 radical (unpaired) electrons. The molecule has 2 aliphatic heterocycles. The molecule has 2 rings (SSSR count). The zero-order valence-electron chi connectivity index (χ0n) is 12.1. The van der Waals surface area contributed by atoms with Crippen molar-refractivity contribution in [1.82, 2.24) is 15.1 Å². The Kier molecular flexibility index (Phi) is 4.66. The summed E-state index contributed by atoms with van der Waals surface area (Å²) in [5.41, 5.74) is -1.30. The third-order valence-electron chi connectivity index (χ3n) is 4.06. The van der Waals surface area contributed by atoms with Gasteiger partial charge in [-0.25, -0.2) is 9.59 Å². The highest BCUT2D eigenvalue weighted by molar-refractivity contribution is 5.89. The summed E-state index contributed by atoms with van der Waals surface area (Å²) in [6, 6.07) is -0.497. The quantitative estimate of drug-likeness (QED) is 0.716. The molecule has 0 aromatic rings. The van der Waals surface area contributed by atoms with E-state index >= 15 is 0 Å². The number of carboxylic acids is 1. The molecule has 2 heterocycles. The lowest BCUT2D eigenvalue weighted by molar-refractivity contribution is -0.148. The van der Waals surface area contributed by atoms with Gasteiger partial charge in [0.15, 0.2) is 0 Å². The minimum atomic E-state index is -1.30. The highest BCUT2D eigenvalue weighted by atomic mass is 16.5. The fourth-order valence-electron chi connectivity index (χ4n) is 2.56. The van der Waals surface area contributed by atoms with Crippen LogP contribution >= 0.6 is 0 Å². The van der Waals surface area contributed by atoms with Crippen molar-refractivity contribution in [3.8, 4) is 0 Å². The van der Waals surface area contributed by atoms with Crippen LogP contribution in [-0.2, 0) is 14.3 Å². The van der Waals surface area contributed by atoms with Crippen molar-refractivity contribution in [1.29, 1.82) is 0 Å². The molecular formula is C13H21N3O5. The van der Waals surface area contributed by atoms with Crippen LogP contribution in [0.3, 0.4) is 0 Å². The Morgan fingerprint density at radius 2 is 1.95 bits per heavy atom. The minimum absolute atomic E-state index is 0.0193. The number of carbonyl (C=O) groups is 3. The first kappa shape index (κ1) is 15.6. The molecule has 0 spiro atoms. The number of likely N-dealkylation sites (N-methyl/N-ethyl adjacent to an activating group) is 1. The van der Waals surface area contributed by atoms with Crippen LogP contribution in [0.4, 0.5) is 4.79 Å². The van der Waals surface area contributed by atoms with E-state index in [-0.39, 0.29) is 25.3 Å². The van der Waals surface area contributed by atoms with Crippen LogP contribution in [0.5, 0.6) is 0 Å². The van der Waals surface area contributed by atoms with Gasteiger partial charge in [0.2, 0.25) is 5.91 Å². The van der Waals surface area contributed by atoms with Gasteiger partial charge >= 0.3 is 12.0 Å². The zero-order valence-corrected chi connectivity index (χ0v) is 12.1. The average Bonchev–Trinajstić information content (AvgIpc) is 2.62. The van der Waals surface area contributed by atoms with Crippen LogP contribution in [0, 0.1) is 0 Å². The Hall–Kier alpha value is -1.83. The van der Waals surface area contributed by atoms with Crippen molar-refractivity contribution in [3.63, 3.8) is 0 Å². The van der Waals surface area contributed by atoms with E-state index in [0.717, 1.165) is 0 Å². The van der Waals surface area contributed by atoms with E-state index in [2.05, 4.69) is 5.32 Å². The molecule has 118 valence electrons. The van der Waals surface area contributed by atoms with E-state index in [4.69, 9.17) is 4.74 Å². The van der Waals surface area contributed by atoms with E-state index in [0.29, 0.717) is 32.7 Å². The molecule has 0 saturated carbocycles. The Morgan fingerprint density at radius 3 is 2.57 bits per heavy atom. The van der Waals surface area contributed by atoms with Gasteiger partial charge in [-0.2, -0.15) is 0 Å². The van der Waals surface area contributed by atoms with E-state index in [9.17, 15) is 19.5 Å². The van der Waals surface area contributed by atoms with Gasteiger partial charge in [-0.05, 0) is 6.42 Å². The molecule has 8 heteroatoms. The number of nitrogens with one attached hydrogen (secondary N) is 1. The number of aliphatic carboxylic acids is 1. The van der Waals surface area contributed by atoms with Gasteiger partial charge < -0.3 is 25.0 Å². The van der Waals surface area contributed by atoms with Crippen molar-refractivity contribution >= 4 is 17.9 Å². The molecule has 21 heavy (non-hydrogen) atoms. The monoisotopic (exact) mass is 299 g/mol. The zero-order chi connectivity index (χ0) is 15.5. The molecule has 8 nitrogen and oxygen atoms in total. The Morgan fingerprint density at radius 1 is 1.29 bits per heavy atom. The summed E-state index contributed by atoms with van der Waals surface area (Å²) in [4.78, 5) is 38.6. The van der Waals surface area contributed by atoms with Gasteiger partial charge in [-0.3, -0.25) is 4.79 Å². The highest BCUT2D eigenvalue weighted by Crippen LogP contribution is 2.21. The summed E-state index contributed by atoms with van der Waals surface area (Å²) in [7, 11) is 1.70. The van der Waals surface area contributed by atoms with Crippen LogP contribution in [-0.4, -0.2) is 78.2 Å². The molecule has 0 unspecified atom stereocenters. The first-order chi connectivity index (χ1) is 9.94. The number of rotatable bonds is 2. The first-order valence-corrected chi connectivity index (χ1v) is 7.07. The predicted octanol–water partition coefficient (Wildman–Crippen LogP) is -0.506. The van der Waals surface area contributed by atoms with Gasteiger partial charge in [0.25, 0.3) is 0 Å². The molecule has 3 amide bonds. The number of hydrogen-bond donors (Lipinski definition) is 2. The lowest BCUT2D eigenvalue weighted by atomic mass is 9.90. The van der Waals surface area contributed by atoms with Gasteiger partial charge in [0.05, 0.1) is 0 Å². The summed E-state index contributed by atoms with van der Waals surface area (Å²) in [6.07, 6.45) is 1.14. The summed E-state index contributed by atoms with van der Waals surface area (Å²) in [6.45, 7) is 1.62. The first-order valence-electron chi connectivity index (χ1n) is 7.07. The molecule has 0 aromatic carbocycles. The fraction of sp³-hybridized carbons (Fsp3) is 0.769. The molecule has 0 aromatic heterocycles. The third kappa shape index (κ3) is 3.44. The molecule has 2 N–H and O–H groups in total. The lowest BCUT2D eigenvalue weighted by Gasteiger charge is -2.35. The standard InChI is InChI=1S/C13H21N3O5/c1-15-5-2-6-16(9-10(15)17)12(20)14-13(11(18)19)3-7-21-8-4-13/h2-9H2,1H3,(H,14,20)(H,18,19). The van der Waals surface area contributed by atoms with Crippen molar-refractivity contribution < 1.29 is 24.2 Å². The highest BCUT2D eigenvalue weighted by Gasteiger charge is 2.42. The molecule has 0 bridgehead atoms. The van der Waals surface area contributed by atoms with Crippen molar-refractivity contribution in [2.24, 2.45) is 0 Å². The number of urea groups is 1. The van der Waals surface area contributed by atoms with Gasteiger partial charge in [-0.15, -0.1) is 0 Å². The summed E-state index contributed by atoms with van der Waals surface area (Å²) in [5.74, 6) is -1.20. The van der Waals surface area contributed by atoms with Crippen LogP contribution in [0.2, 0.25) is 0 Å². The molecule has 2 fully saturated rings. The molecule has 2 saturated heterocycles. The van der Waals surface area contributed by atoms with Gasteiger partial charge in [0.1, 0.15) is 12.1 Å². The number of nitrogens with zero attached hydrogens (tertiary/aromatic N) is 2. The average molecular weight is 299 g/mol. The van der Waals surface area contributed by atoms with E-state index in [1.165, 1.54) is 4.90 Å². The van der Waals surface area contributed by atoms with Crippen LogP contribution in [0.15, 0.2) is 0 Å². The van der Waals surface area contributed by atoms with Gasteiger partial charge in [0, 0.05) is 46.2 Å². The van der Waals surface area contributed by atoms with Crippen LogP contribution < -0.4 is 5.32 Å². The van der Waals surface area contributed by atoms with E-state index in [1.807, 2.05) is 0 Å². The fourth-order valence-corrected chi connectivity index (χ4v) is 2.56.